The maximum atomic E-state index is 13.1. The quantitative estimate of drug-likeness (QED) is 0.313. The van der Waals surface area contributed by atoms with Crippen molar-refractivity contribution in [2.24, 2.45) is 0 Å². The number of thioether (sulfide) groups is 1. The van der Waals surface area contributed by atoms with E-state index < -0.39 is 0 Å². The van der Waals surface area contributed by atoms with Crippen LogP contribution in [0, 0.1) is 0 Å². The first-order valence-electron chi connectivity index (χ1n) is 10.5. The van der Waals surface area contributed by atoms with E-state index in [2.05, 4.69) is 15.2 Å². The lowest BCUT2D eigenvalue weighted by atomic mass is 10.2. The van der Waals surface area contributed by atoms with E-state index in [0.717, 1.165) is 11.3 Å². The van der Waals surface area contributed by atoms with Crippen LogP contribution in [0.4, 0.5) is 0 Å². The van der Waals surface area contributed by atoms with Gasteiger partial charge in [-0.1, -0.05) is 48.2 Å². The first-order chi connectivity index (χ1) is 16.2. The maximum Gasteiger partial charge on any atom is 0.233 e. The standard InChI is InChI=1S/C24H25N5O3S/c1-31-15-13-28(17-20-10-5-6-12-25-20)22(30)18-33-24-27-26-23(21-11-7-14-32-21)29(24)16-19-8-3-2-4-9-19/h2-12,14H,13,15-18H2,1H3. The number of pyridine rings is 1. The summed E-state index contributed by atoms with van der Waals surface area (Å²) in [6, 6.07) is 19.4. The van der Waals surface area contributed by atoms with Gasteiger partial charge in [-0.2, -0.15) is 0 Å². The molecule has 170 valence electrons. The van der Waals surface area contributed by atoms with Crippen LogP contribution in [0.15, 0.2) is 82.7 Å². The van der Waals surface area contributed by atoms with Crippen molar-refractivity contribution >= 4 is 17.7 Å². The minimum absolute atomic E-state index is 0.0171. The summed E-state index contributed by atoms with van der Waals surface area (Å²) in [5.41, 5.74) is 1.94. The maximum absolute atomic E-state index is 13.1. The van der Waals surface area contributed by atoms with E-state index in [-0.39, 0.29) is 11.7 Å². The Morgan fingerprint density at radius 2 is 1.94 bits per heavy atom. The normalized spacial score (nSPS) is 10.9. The summed E-state index contributed by atoms with van der Waals surface area (Å²) in [5.74, 6) is 1.47. The summed E-state index contributed by atoms with van der Waals surface area (Å²) in [4.78, 5) is 19.2. The first-order valence-corrected chi connectivity index (χ1v) is 11.5. The molecule has 0 spiro atoms. The molecule has 3 heterocycles. The number of hydrogen-bond acceptors (Lipinski definition) is 7. The fraction of sp³-hybridized carbons (Fsp3) is 0.250. The van der Waals surface area contributed by atoms with Gasteiger partial charge >= 0.3 is 0 Å². The first kappa shape index (κ1) is 22.8. The van der Waals surface area contributed by atoms with Crippen molar-refractivity contribution in [3.05, 3.63) is 84.4 Å². The van der Waals surface area contributed by atoms with Crippen LogP contribution in [-0.2, 0) is 22.6 Å². The number of aromatic nitrogens is 4. The molecule has 1 aromatic carbocycles. The summed E-state index contributed by atoms with van der Waals surface area (Å²) in [5, 5.41) is 9.35. The summed E-state index contributed by atoms with van der Waals surface area (Å²) in [6.07, 6.45) is 3.34. The smallest absolute Gasteiger partial charge is 0.233 e. The third-order valence-corrected chi connectivity index (χ3v) is 5.92. The third-order valence-electron chi connectivity index (χ3n) is 4.96. The topological polar surface area (TPSA) is 86.3 Å². The zero-order valence-corrected chi connectivity index (χ0v) is 19.1. The van der Waals surface area contributed by atoms with E-state index >= 15 is 0 Å². The number of methoxy groups -OCH3 is 1. The molecule has 0 aliphatic rings. The van der Waals surface area contributed by atoms with Crippen LogP contribution in [0.5, 0.6) is 0 Å². The molecule has 1 amide bonds. The molecule has 8 nitrogen and oxygen atoms in total. The number of nitrogens with zero attached hydrogens (tertiary/aromatic N) is 5. The van der Waals surface area contributed by atoms with Gasteiger partial charge in [0.15, 0.2) is 10.9 Å². The molecule has 0 aliphatic carbocycles. The fourth-order valence-electron chi connectivity index (χ4n) is 3.29. The van der Waals surface area contributed by atoms with Gasteiger partial charge in [0.25, 0.3) is 0 Å². The number of benzene rings is 1. The molecule has 3 aromatic heterocycles. The highest BCUT2D eigenvalue weighted by molar-refractivity contribution is 7.99. The highest BCUT2D eigenvalue weighted by atomic mass is 32.2. The summed E-state index contributed by atoms with van der Waals surface area (Å²) in [7, 11) is 1.63. The van der Waals surface area contributed by atoms with Crippen molar-refractivity contribution in [1.82, 2.24) is 24.6 Å². The molecule has 9 heteroatoms. The molecular weight excluding hydrogens is 438 g/mol. The van der Waals surface area contributed by atoms with Crippen molar-refractivity contribution in [2.45, 2.75) is 18.2 Å². The minimum atomic E-state index is -0.0171. The van der Waals surface area contributed by atoms with Crippen molar-refractivity contribution in [3.8, 4) is 11.6 Å². The van der Waals surface area contributed by atoms with Crippen LogP contribution < -0.4 is 0 Å². The molecule has 0 N–H and O–H groups in total. The lowest BCUT2D eigenvalue weighted by molar-refractivity contribution is -0.129. The molecule has 0 saturated carbocycles. The van der Waals surface area contributed by atoms with Crippen molar-refractivity contribution < 1.29 is 13.9 Å². The number of furan rings is 1. The fourth-order valence-corrected chi connectivity index (χ4v) is 4.13. The molecule has 4 aromatic rings. The average Bonchev–Trinajstić information content (AvgIpc) is 3.52. The van der Waals surface area contributed by atoms with Crippen LogP contribution in [0.25, 0.3) is 11.6 Å². The summed E-state index contributed by atoms with van der Waals surface area (Å²) >= 11 is 1.36. The zero-order chi connectivity index (χ0) is 22.9. The van der Waals surface area contributed by atoms with Gasteiger partial charge in [0, 0.05) is 19.9 Å². The predicted molar refractivity (Wildman–Crippen MR) is 126 cm³/mol. The molecule has 0 atom stereocenters. The molecule has 0 unspecified atom stereocenters. The van der Waals surface area contributed by atoms with Gasteiger partial charge < -0.3 is 14.1 Å². The number of carbonyl (C=O) groups excluding carboxylic acids is 1. The Bertz CT molecular complexity index is 1130. The van der Waals surface area contributed by atoms with Gasteiger partial charge in [-0.3, -0.25) is 14.3 Å². The van der Waals surface area contributed by atoms with Gasteiger partial charge in [-0.05, 0) is 29.8 Å². The molecule has 0 saturated heterocycles. The van der Waals surface area contributed by atoms with E-state index in [4.69, 9.17) is 9.15 Å². The number of ether oxygens (including phenoxy) is 1. The third kappa shape index (κ3) is 6.09. The molecule has 0 bridgehead atoms. The van der Waals surface area contributed by atoms with E-state index in [1.54, 1.807) is 24.5 Å². The Morgan fingerprint density at radius 3 is 2.67 bits per heavy atom. The highest BCUT2D eigenvalue weighted by Crippen LogP contribution is 2.26. The molecule has 33 heavy (non-hydrogen) atoms. The van der Waals surface area contributed by atoms with Gasteiger partial charge in [-0.25, -0.2) is 0 Å². The molecular formula is C24H25N5O3S. The second kappa shape index (κ2) is 11.4. The highest BCUT2D eigenvalue weighted by Gasteiger charge is 2.20. The van der Waals surface area contributed by atoms with Gasteiger partial charge in [0.05, 0.1) is 37.4 Å². The van der Waals surface area contributed by atoms with Crippen LogP contribution in [0.3, 0.4) is 0 Å². The van der Waals surface area contributed by atoms with Crippen LogP contribution in [0.2, 0.25) is 0 Å². The van der Waals surface area contributed by atoms with Gasteiger partial charge in [-0.15, -0.1) is 10.2 Å². The van der Waals surface area contributed by atoms with E-state index in [1.807, 2.05) is 65.2 Å². The van der Waals surface area contributed by atoms with Gasteiger partial charge in [0.1, 0.15) is 0 Å². The molecule has 0 fully saturated rings. The predicted octanol–water partition coefficient (Wildman–Crippen LogP) is 3.75. The summed E-state index contributed by atoms with van der Waals surface area (Å²) < 4.78 is 12.7. The molecule has 4 rings (SSSR count). The minimum Gasteiger partial charge on any atom is -0.461 e. The second-order valence-corrected chi connectivity index (χ2v) is 8.22. The van der Waals surface area contributed by atoms with Crippen molar-refractivity contribution in [1.29, 1.82) is 0 Å². The average molecular weight is 464 g/mol. The van der Waals surface area contributed by atoms with Gasteiger partial charge in [0.2, 0.25) is 11.7 Å². The van der Waals surface area contributed by atoms with Crippen molar-refractivity contribution in [2.75, 3.05) is 26.0 Å². The largest absolute Gasteiger partial charge is 0.461 e. The SMILES string of the molecule is COCCN(Cc1ccccn1)C(=O)CSc1nnc(-c2ccco2)n1Cc1ccccc1. The van der Waals surface area contributed by atoms with E-state index in [0.29, 0.717) is 43.0 Å². The van der Waals surface area contributed by atoms with Crippen LogP contribution >= 0.6 is 11.8 Å². The Balaban J connectivity index is 1.50. The van der Waals surface area contributed by atoms with E-state index in [9.17, 15) is 4.79 Å². The van der Waals surface area contributed by atoms with Crippen LogP contribution in [0.1, 0.15) is 11.3 Å². The number of hydrogen-bond donors (Lipinski definition) is 0. The monoisotopic (exact) mass is 463 g/mol. The Labute approximate surface area is 196 Å². The number of amides is 1. The lowest BCUT2D eigenvalue weighted by Crippen LogP contribution is -2.35. The second-order valence-electron chi connectivity index (χ2n) is 7.27. The Kier molecular flexibility index (Phi) is 7.89. The Hall–Kier alpha value is -3.43. The summed E-state index contributed by atoms with van der Waals surface area (Å²) in [6.45, 7) is 1.94. The molecule has 0 radical (unpaired) electrons. The van der Waals surface area contributed by atoms with Crippen LogP contribution in [-0.4, -0.2) is 56.6 Å². The van der Waals surface area contributed by atoms with Crippen molar-refractivity contribution in [3.63, 3.8) is 0 Å². The van der Waals surface area contributed by atoms with E-state index in [1.165, 1.54) is 11.8 Å². The number of carbonyl (C=O) groups is 1. The Morgan fingerprint density at radius 1 is 1.09 bits per heavy atom. The lowest BCUT2D eigenvalue weighted by Gasteiger charge is -2.22. The number of rotatable bonds is 11. The molecule has 0 aliphatic heterocycles. The zero-order valence-electron chi connectivity index (χ0n) is 18.3.